The standard InChI is InChI=1S/C23H26N5O4/c1-3-7-30-16-5-6-17-22(32-12-31-17)18(16)20-21-19(26-11-27-20)15(10-25-21)23(29)28-14-8-13(4-2)24-9-14/h5-6,10-11,13-14,24-25H,2-4,7-9,12H2,1H3,(H,28,29)/t13?,14-/m1/s1. The van der Waals surface area contributed by atoms with Crippen molar-refractivity contribution >= 4 is 16.9 Å². The summed E-state index contributed by atoms with van der Waals surface area (Å²) in [6.07, 6.45) is 5.66. The molecule has 0 aliphatic carbocycles. The number of aromatic amines is 1. The highest BCUT2D eigenvalue weighted by molar-refractivity contribution is 6.08. The molecule has 5 rings (SSSR count). The van der Waals surface area contributed by atoms with Crippen molar-refractivity contribution in [1.29, 1.82) is 0 Å². The molecule has 0 bridgehead atoms. The SMILES string of the molecule is [CH2]CC1C[C@@H](NC(=O)c2c[nH]c3c(-c4c(OCCC)ccc5c4OCO5)ncnc23)CN1. The van der Waals surface area contributed by atoms with Gasteiger partial charge in [-0.05, 0) is 31.4 Å². The smallest absolute Gasteiger partial charge is 0.255 e. The Bertz CT molecular complexity index is 1140. The fourth-order valence-corrected chi connectivity index (χ4v) is 4.22. The first-order chi connectivity index (χ1) is 15.7. The maximum Gasteiger partial charge on any atom is 0.255 e. The summed E-state index contributed by atoms with van der Waals surface area (Å²) in [7, 11) is 0. The molecule has 0 saturated carbocycles. The number of nitrogens with zero attached hydrogens (tertiary/aromatic N) is 2. The lowest BCUT2D eigenvalue weighted by Crippen LogP contribution is -2.36. The first kappa shape index (κ1) is 20.6. The third-order valence-electron chi connectivity index (χ3n) is 5.81. The van der Waals surface area contributed by atoms with E-state index in [0.717, 1.165) is 25.8 Å². The van der Waals surface area contributed by atoms with Crippen molar-refractivity contribution in [3.8, 4) is 28.5 Å². The van der Waals surface area contributed by atoms with Gasteiger partial charge in [-0.25, -0.2) is 9.97 Å². The van der Waals surface area contributed by atoms with Crippen LogP contribution < -0.4 is 24.8 Å². The van der Waals surface area contributed by atoms with Crippen LogP contribution in [0.3, 0.4) is 0 Å². The molecule has 4 heterocycles. The lowest BCUT2D eigenvalue weighted by Gasteiger charge is -2.13. The molecule has 1 fully saturated rings. The number of hydrogen-bond acceptors (Lipinski definition) is 7. The highest BCUT2D eigenvalue weighted by Crippen LogP contribution is 2.47. The van der Waals surface area contributed by atoms with Crippen molar-refractivity contribution in [2.75, 3.05) is 19.9 Å². The zero-order valence-corrected chi connectivity index (χ0v) is 17.9. The van der Waals surface area contributed by atoms with E-state index in [1.54, 1.807) is 6.20 Å². The van der Waals surface area contributed by atoms with Gasteiger partial charge in [-0.1, -0.05) is 13.8 Å². The van der Waals surface area contributed by atoms with Gasteiger partial charge < -0.3 is 29.8 Å². The monoisotopic (exact) mass is 436 g/mol. The molecule has 3 aromatic rings. The Hall–Kier alpha value is -3.33. The molecule has 32 heavy (non-hydrogen) atoms. The van der Waals surface area contributed by atoms with Gasteiger partial charge in [0.1, 0.15) is 23.3 Å². The predicted molar refractivity (Wildman–Crippen MR) is 119 cm³/mol. The van der Waals surface area contributed by atoms with Crippen molar-refractivity contribution in [3.63, 3.8) is 0 Å². The van der Waals surface area contributed by atoms with Crippen LogP contribution in [0.5, 0.6) is 17.2 Å². The highest BCUT2D eigenvalue weighted by atomic mass is 16.7. The molecule has 3 N–H and O–H groups in total. The Labute approximate surface area is 185 Å². The fraction of sp³-hybridized carbons (Fsp3) is 0.391. The third kappa shape index (κ3) is 3.62. The van der Waals surface area contributed by atoms with Crippen LogP contribution in [-0.2, 0) is 0 Å². The average molecular weight is 436 g/mol. The second kappa shape index (κ2) is 8.66. The molecule has 2 aliphatic heterocycles. The van der Waals surface area contributed by atoms with E-state index in [1.165, 1.54) is 6.33 Å². The summed E-state index contributed by atoms with van der Waals surface area (Å²) in [5.74, 6) is 1.69. The second-order valence-electron chi connectivity index (χ2n) is 7.97. The largest absolute Gasteiger partial charge is 0.493 e. The van der Waals surface area contributed by atoms with Gasteiger partial charge in [-0.2, -0.15) is 0 Å². The number of rotatable bonds is 7. The van der Waals surface area contributed by atoms with E-state index < -0.39 is 0 Å². The minimum absolute atomic E-state index is 0.0671. The van der Waals surface area contributed by atoms with Crippen LogP contribution in [0.2, 0.25) is 0 Å². The quantitative estimate of drug-likeness (QED) is 0.522. The molecule has 167 valence electrons. The van der Waals surface area contributed by atoms with Gasteiger partial charge in [0.15, 0.2) is 11.5 Å². The van der Waals surface area contributed by atoms with E-state index in [0.29, 0.717) is 57.8 Å². The topological polar surface area (TPSA) is 110 Å². The molecular weight excluding hydrogens is 410 g/mol. The summed E-state index contributed by atoms with van der Waals surface area (Å²) in [5, 5.41) is 6.47. The summed E-state index contributed by atoms with van der Waals surface area (Å²) in [6.45, 7) is 7.41. The highest BCUT2D eigenvalue weighted by Gasteiger charge is 2.28. The third-order valence-corrected chi connectivity index (χ3v) is 5.81. The molecule has 2 atom stereocenters. The molecule has 9 heteroatoms. The summed E-state index contributed by atoms with van der Waals surface area (Å²) >= 11 is 0. The van der Waals surface area contributed by atoms with Crippen LogP contribution in [0, 0.1) is 6.92 Å². The minimum Gasteiger partial charge on any atom is -0.493 e. The van der Waals surface area contributed by atoms with E-state index in [-0.39, 0.29) is 18.7 Å². The molecule has 9 nitrogen and oxygen atoms in total. The van der Waals surface area contributed by atoms with E-state index in [2.05, 4.69) is 32.5 Å². The van der Waals surface area contributed by atoms with Crippen LogP contribution in [-0.4, -0.2) is 52.9 Å². The van der Waals surface area contributed by atoms with Crippen molar-refractivity contribution in [2.45, 2.75) is 38.3 Å². The van der Waals surface area contributed by atoms with Crippen molar-refractivity contribution in [1.82, 2.24) is 25.6 Å². The number of carbonyl (C=O) groups excluding carboxylic acids is 1. The number of amides is 1. The molecule has 1 radical (unpaired) electrons. The van der Waals surface area contributed by atoms with Crippen LogP contribution in [0.25, 0.3) is 22.3 Å². The Kier molecular flexibility index (Phi) is 5.57. The number of ether oxygens (including phenoxy) is 3. The Balaban J connectivity index is 1.52. The molecule has 1 amide bonds. The number of hydrogen-bond donors (Lipinski definition) is 3. The predicted octanol–water partition coefficient (Wildman–Crippen LogP) is 2.83. The maximum atomic E-state index is 13.0. The average Bonchev–Trinajstić information content (AvgIpc) is 3.55. The van der Waals surface area contributed by atoms with Crippen molar-refractivity contribution < 1.29 is 19.0 Å². The molecule has 2 aromatic heterocycles. The maximum absolute atomic E-state index is 13.0. The Morgan fingerprint density at radius 2 is 2.25 bits per heavy atom. The number of H-pyrrole nitrogens is 1. The summed E-state index contributed by atoms with van der Waals surface area (Å²) in [6, 6.07) is 4.09. The molecule has 2 aliphatic rings. The molecule has 1 aromatic carbocycles. The molecule has 1 saturated heterocycles. The van der Waals surface area contributed by atoms with Crippen molar-refractivity contribution in [2.24, 2.45) is 0 Å². The normalized spacial score (nSPS) is 19.4. The van der Waals surface area contributed by atoms with Crippen molar-refractivity contribution in [3.05, 3.63) is 37.1 Å². The summed E-state index contributed by atoms with van der Waals surface area (Å²) in [4.78, 5) is 25.1. The minimum atomic E-state index is -0.169. The van der Waals surface area contributed by atoms with Gasteiger partial charge in [0, 0.05) is 24.8 Å². The molecule has 0 spiro atoms. The fourth-order valence-electron chi connectivity index (χ4n) is 4.22. The Morgan fingerprint density at radius 1 is 1.34 bits per heavy atom. The van der Waals surface area contributed by atoms with Crippen LogP contribution >= 0.6 is 0 Å². The number of carbonyl (C=O) groups is 1. The first-order valence-electron chi connectivity index (χ1n) is 10.9. The zero-order chi connectivity index (χ0) is 22.1. The van der Waals surface area contributed by atoms with E-state index in [9.17, 15) is 4.79 Å². The van der Waals surface area contributed by atoms with Gasteiger partial charge in [-0.15, -0.1) is 0 Å². The lowest BCUT2D eigenvalue weighted by molar-refractivity contribution is 0.0941. The van der Waals surface area contributed by atoms with Gasteiger partial charge >= 0.3 is 0 Å². The number of nitrogens with one attached hydrogen (secondary N) is 3. The van der Waals surface area contributed by atoms with Crippen LogP contribution in [0.15, 0.2) is 24.7 Å². The first-order valence-corrected chi connectivity index (χ1v) is 10.9. The van der Waals surface area contributed by atoms with Gasteiger partial charge in [0.05, 0.1) is 23.3 Å². The van der Waals surface area contributed by atoms with E-state index >= 15 is 0 Å². The van der Waals surface area contributed by atoms with E-state index in [4.69, 9.17) is 14.2 Å². The van der Waals surface area contributed by atoms with Gasteiger partial charge in [0.25, 0.3) is 5.91 Å². The summed E-state index contributed by atoms with van der Waals surface area (Å²) in [5.41, 5.74) is 2.95. The van der Waals surface area contributed by atoms with Gasteiger partial charge in [-0.3, -0.25) is 4.79 Å². The Morgan fingerprint density at radius 3 is 3.06 bits per heavy atom. The molecule has 1 unspecified atom stereocenters. The number of fused-ring (bicyclic) bond motifs is 2. The zero-order valence-electron chi connectivity index (χ0n) is 17.9. The number of benzene rings is 1. The number of aromatic nitrogens is 3. The van der Waals surface area contributed by atoms with Crippen LogP contribution in [0.4, 0.5) is 0 Å². The van der Waals surface area contributed by atoms with Gasteiger partial charge in [0.2, 0.25) is 6.79 Å². The van der Waals surface area contributed by atoms with Crippen LogP contribution in [0.1, 0.15) is 36.5 Å². The second-order valence-corrected chi connectivity index (χ2v) is 7.97. The van der Waals surface area contributed by atoms with E-state index in [1.807, 2.05) is 19.1 Å². The molecular formula is C23H26N5O4. The lowest BCUT2D eigenvalue weighted by atomic mass is 10.1. The summed E-state index contributed by atoms with van der Waals surface area (Å²) < 4.78 is 17.3.